The minimum atomic E-state index is -0.103. The highest BCUT2D eigenvalue weighted by Gasteiger charge is 2.30. The zero-order valence-corrected chi connectivity index (χ0v) is 12.5. The Bertz CT molecular complexity index is 433. The first-order valence-electron chi connectivity index (χ1n) is 7.21. The monoisotopic (exact) mass is 264 g/mol. The first kappa shape index (κ1) is 14.3. The van der Waals surface area contributed by atoms with E-state index in [9.17, 15) is 4.39 Å². The van der Waals surface area contributed by atoms with E-state index in [-0.39, 0.29) is 11.4 Å². The molecule has 3 heteroatoms. The third kappa shape index (κ3) is 3.69. The van der Waals surface area contributed by atoms with Gasteiger partial charge in [0.05, 0.1) is 0 Å². The van der Waals surface area contributed by atoms with Crippen molar-refractivity contribution in [2.45, 2.75) is 58.7 Å². The molecule has 0 saturated heterocycles. The minimum absolute atomic E-state index is 0.00379. The van der Waals surface area contributed by atoms with E-state index in [1.54, 1.807) is 6.07 Å². The van der Waals surface area contributed by atoms with Crippen LogP contribution in [0.5, 0.6) is 0 Å². The van der Waals surface area contributed by atoms with Crippen LogP contribution in [0.15, 0.2) is 18.2 Å². The average Bonchev–Trinajstić information content (AvgIpc) is 3.12. The summed E-state index contributed by atoms with van der Waals surface area (Å²) >= 11 is 0. The molecule has 0 aromatic heterocycles. The van der Waals surface area contributed by atoms with Crippen molar-refractivity contribution >= 4 is 5.69 Å². The SMILES string of the molecule is CCN(c1cccc(F)c1CNC(C)(C)C)C1CC1. The van der Waals surface area contributed by atoms with Crippen LogP contribution in [-0.2, 0) is 6.54 Å². The molecule has 1 aliphatic carbocycles. The van der Waals surface area contributed by atoms with Gasteiger partial charge in [0.15, 0.2) is 0 Å². The maximum Gasteiger partial charge on any atom is 0.129 e. The quantitative estimate of drug-likeness (QED) is 0.872. The fourth-order valence-corrected chi connectivity index (χ4v) is 2.36. The zero-order chi connectivity index (χ0) is 14.0. The molecule has 2 rings (SSSR count). The summed E-state index contributed by atoms with van der Waals surface area (Å²) < 4.78 is 14.1. The summed E-state index contributed by atoms with van der Waals surface area (Å²) in [4.78, 5) is 2.34. The van der Waals surface area contributed by atoms with E-state index < -0.39 is 0 Å². The maximum absolute atomic E-state index is 14.1. The van der Waals surface area contributed by atoms with Gasteiger partial charge in [-0.05, 0) is 52.7 Å². The third-order valence-electron chi connectivity index (χ3n) is 3.53. The van der Waals surface area contributed by atoms with Crippen molar-refractivity contribution in [1.29, 1.82) is 0 Å². The van der Waals surface area contributed by atoms with Crippen LogP contribution in [0.2, 0.25) is 0 Å². The van der Waals surface area contributed by atoms with Crippen LogP contribution >= 0.6 is 0 Å². The zero-order valence-electron chi connectivity index (χ0n) is 12.5. The lowest BCUT2D eigenvalue weighted by molar-refractivity contribution is 0.418. The Hall–Kier alpha value is -1.09. The van der Waals surface area contributed by atoms with Gasteiger partial charge in [0.1, 0.15) is 5.82 Å². The van der Waals surface area contributed by atoms with E-state index in [4.69, 9.17) is 0 Å². The number of nitrogens with one attached hydrogen (secondary N) is 1. The molecule has 0 amide bonds. The molecule has 0 spiro atoms. The van der Waals surface area contributed by atoms with Gasteiger partial charge in [-0.25, -0.2) is 4.39 Å². The number of hydrogen-bond acceptors (Lipinski definition) is 2. The summed E-state index contributed by atoms with van der Waals surface area (Å²) in [6.07, 6.45) is 2.47. The van der Waals surface area contributed by atoms with Gasteiger partial charge in [0.2, 0.25) is 0 Å². The smallest absolute Gasteiger partial charge is 0.129 e. The molecular formula is C16H25FN2. The standard InChI is InChI=1S/C16H25FN2/c1-5-19(12-9-10-12)15-8-6-7-14(17)13(15)11-18-16(2,3)4/h6-8,12,18H,5,9-11H2,1-4H3. The molecule has 0 bridgehead atoms. The van der Waals surface area contributed by atoms with Crippen LogP contribution in [0.25, 0.3) is 0 Å². The Morgan fingerprint density at radius 2 is 2.00 bits per heavy atom. The number of halogens is 1. The molecule has 1 aliphatic rings. The van der Waals surface area contributed by atoms with Gasteiger partial charge >= 0.3 is 0 Å². The average molecular weight is 264 g/mol. The second-order valence-electron chi connectivity index (χ2n) is 6.36. The van der Waals surface area contributed by atoms with E-state index in [0.717, 1.165) is 17.8 Å². The fraction of sp³-hybridized carbons (Fsp3) is 0.625. The minimum Gasteiger partial charge on any atom is -0.368 e. The molecule has 1 saturated carbocycles. The van der Waals surface area contributed by atoms with Gasteiger partial charge in [-0.3, -0.25) is 0 Å². The van der Waals surface area contributed by atoms with Crippen LogP contribution in [-0.4, -0.2) is 18.1 Å². The lowest BCUT2D eigenvalue weighted by atomic mass is 10.1. The number of hydrogen-bond donors (Lipinski definition) is 1. The maximum atomic E-state index is 14.1. The topological polar surface area (TPSA) is 15.3 Å². The lowest BCUT2D eigenvalue weighted by Crippen LogP contribution is -2.36. The van der Waals surface area contributed by atoms with Gasteiger partial charge in [0, 0.05) is 35.9 Å². The third-order valence-corrected chi connectivity index (χ3v) is 3.53. The Labute approximate surface area is 116 Å². The molecule has 1 fully saturated rings. The van der Waals surface area contributed by atoms with Crippen LogP contribution in [0.1, 0.15) is 46.1 Å². The normalized spacial score (nSPS) is 15.6. The van der Waals surface area contributed by atoms with Crippen molar-refractivity contribution in [2.75, 3.05) is 11.4 Å². The summed E-state index contributed by atoms with van der Waals surface area (Å²) in [7, 11) is 0. The van der Waals surface area contributed by atoms with Crippen LogP contribution in [0, 0.1) is 5.82 Å². The van der Waals surface area contributed by atoms with Crippen LogP contribution in [0.4, 0.5) is 10.1 Å². The van der Waals surface area contributed by atoms with Gasteiger partial charge in [-0.2, -0.15) is 0 Å². The molecule has 2 nitrogen and oxygen atoms in total. The number of nitrogens with zero attached hydrogens (tertiary/aromatic N) is 1. The Morgan fingerprint density at radius 1 is 1.32 bits per heavy atom. The van der Waals surface area contributed by atoms with E-state index in [2.05, 4.69) is 37.9 Å². The molecule has 19 heavy (non-hydrogen) atoms. The molecule has 0 radical (unpaired) electrons. The van der Waals surface area contributed by atoms with Crippen LogP contribution in [0.3, 0.4) is 0 Å². The van der Waals surface area contributed by atoms with Crippen molar-refractivity contribution in [3.05, 3.63) is 29.6 Å². The highest BCUT2D eigenvalue weighted by atomic mass is 19.1. The summed E-state index contributed by atoms with van der Waals surface area (Å²) in [6, 6.07) is 6.03. The number of rotatable bonds is 5. The Kier molecular flexibility index (Phi) is 4.14. The number of anilines is 1. The van der Waals surface area contributed by atoms with Crippen molar-refractivity contribution in [2.24, 2.45) is 0 Å². The summed E-state index contributed by atoms with van der Waals surface area (Å²) in [5.74, 6) is -0.103. The Morgan fingerprint density at radius 3 is 2.53 bits per heavy atom. The van der Waals surface area contributed by atoms with Gasteiger partial charge in [-0.1, -0.05) is 6.07 Å². The summed E-state index contributed by atoms with van der Waals surface area (Å²) in [6.45, 7) is 9.97. The van der Waals surface area contributed by atoms with E-state index in [1.165, 1.54) is 12.8 Å². The fourth-order valence-electron chi connectivity index (χ4n) is 2.36. The molecule has 0 heterocycles. The molecule has 0 atom stereocenters. The van der Waals surface area contributed by atoms with Crippen molar-refractivity contribution in [1.82, 2.24) is 5.32 Å². The molecule has 0 aliphatic heterocycles. The predicted molar refractivity (Wildman–Crippen MR) is 79.0 cm³/mol. The van der Waals surface area contributed by atoms with Crippen molar-refractivity contribution < 1.29 is 4.39 Å². The lowest BCUT2D eigenvalue weighted by Gasteiger charge is -2.28. The van der Waals surface area contributed by atoms with E-state index >= 15 is 0 Å². The second kappa shape index (κ2) is 5.49. The van der Waals surface area contributed by atoms with Crippen LogP contribution < -0.4 is 10.2 Å². The Balaban J connectivity index is 2.24. The van der Waals surface area contributed by atoms with Crippen molar-refractivity contribution in [3.8, 4) is 0 Å². The van der Waals surface area contributed by atoms with Gasteiger partial charge in [-0.15, -0.1) is 0 Å². The first-order chi connectivity index (χ1) is 8.92. The van der Waals surface area contributed by atoms with Gasteiger partial charge < -0.3 is 10.2 Å². The molecular weight excluding hydrogens is 239 g/mol. The highest BCUT2D eigenvalue weighted by Crippen LogP contribution is 2.34. The molecule has 1 N–H and O–H groups in total. The highest BCUT2D eigenvalue weighted by molar-refractivity contribution is 5.56. The summed E-state index contributed by atoms with van der Waals surface area (Å²) in [5.41, 5.74) is 1.85. The van der Waals surface area contributed by atoms with E-state index in [1.807, 2.05) is 12.1 Å². The second-order valence-corrected chi connectivity index (χ2v) is 6.36. The first-order valence-corrected chi connectivity index (χ1v) is 7.21. The van der Waals surface area contributed by atoms with E-state index in [0.29, 0.717) is 12.6 Å². The van der Waals surface area contributed by atoms with Crippen molar-refractivity contribution in [3.63, 3.8) is 0 Å². The summed E-state index contributed by atoms with van der Waals surface area (Å²) in [5, 5.41) is 3.39. The molecule has 0 unspecified atom stereocenters. The number of benzene rings is 1. The molecule has 1 aromatic carbocycles. The molecule has 106 valence electrons. The predicted octanol–water partition coefficient (Wildman–Crippen LogP) is 3.70. The largest absolute Gasteiger partial charge is 0.368 e. The molecule has 1 aromatic rings. The van der Waals surface area contributed by atoms with Gasteiger partial charge in [0.25, 0.3) is 0 Å².